The molecule has 1 amide bonds. The maximum Gasteiger partial charge on any atom is 0.270 e. The molecule has 136 valence electrons. The van der Waals surface area contributed by atoms with E-state index in [0.717, 1.165) is 24.2 Å². The van der Waals surface area contributed by atoms with E-state index in [-0.39, 0.29) is 11.9 Å². The molecule has 1 aliphatic carbocycles. The Balaban J connectivity index is 1.54. The number of benzene rings is 1. The number of hydrogen-bond donors (Lipinski definition) is 2. The highest BCUT2D eigenvalue weighted by Crippen LogP contribution is 2.20. The monoisotopic (exact) mass is 349 g/mol. The summed E-state index contributed by atoms with van der Waals surface area (Å²) in [5.74, 6) is -0.153. The molecular formula is C22H27N3O. The summed E-state index contributed by atoms with van der Waals surface area (Å²) < 4.78 is 0. The zero-order chi connectivity index (χ0) is 18.2. The maximum atomic E-state index is 12.5. The zero-order valence-electron chi connectivity index (χ0n) is 15.4. The smallest absolute Gasteiger partial charge is 0.270 e. The Labute approximate surface area is 155 Å². The van der Waals surface area contributed by atoms with Gasteiger partial charge in [0, 0.05) is 18.4 Å². The lowest BCUT2D eigenvalue weighted by Gasteiger charge is -2.15. The van der Waals surface area contributed by atoms with Crippen LogP contribution in [0.25, 0.3) is 0 Å². The molecule has 0 fully saturated rings. The zero-order valence-corrected chi connectivity index (χ0v) is 15.4. The van der Waals surface area contributed by atoms with Crippen LogP contribution in [0.15, 0.2) is 60.3 Å². The van der Waals surface area contributed by atoms with Crippen LogP contribution in [0.5, 0.6) is 0 Å². The summed E-state index contributed by atoms with van der Waals surface area (Å²) in [6.07, 6.45) is 10.2. The van der Waals surface area contributed by atoms with E-state index < -0.39 is 0 Å². The number of amides is 1. The average Bonchev–Trinajstić information content (AvgIpc) is 2.69. The Morgan fingerprint density at radius 2 is 2.04 bits per heavy atom. The van der Waals surface area contributed by atoms with Crippen molar-refractivity contribution in [3.8, 4) is 0 Å². The van der Waals surface area contributed by atoms with E-state index in [1.165, 1.54) is 25.7 Å². The first kappa shape index (κ1) is 18.2. The summed E-state index contributed by atoms with van der Waals surface area (Å²) in [4.78, 5) is 16.7. The van der Waals surface area contributed by atoms with Gasteiger partial charge in [0.05, 0.1) is 6.04 Å². The lowest BCUT2D eigenvalue weighted by atomic mass is 9.97. The Morgan fingerprint density at radius 3 is 2.81 bits per heavy atom. The van der Waals surface area contributed by atoms with Gasteiger partial charge in [-0.25, -0.2) is 0 Å². The highest BCUT2D eigenvalue weighted by molar-refractivity contribution is 5.93. The molecule has 1 aromatic heterocycles. The Hall–Kier alpha value is -2.62. The molecule has 1 heterocycles. The molecule has 0 saturated heterocycles. The first-order valence-corrected chi connectivity index (χ1v) is 9.46. The minimum Gasteiger partial charge on any atom is -0.385 e. The number of pyridine rings is 1. The molecule has 0 bridgehead atoms. The number of carbonyl (C=O) groups is 1. The molecule has 1 atom stereocenters. The molecule has 4 nitrogen and oxygen atoms in total. The van der Waals surface area contributed by atoms with E-state index in [0.29, 0.717) is 5.69 Å². The van der Waals surface area contributed by atoms with Crippen LogP contribution < -0.4 is 10.6 Å². The van der Waals surface area contributed by atoms with E-state index in [2.05, 4.69) is 21.7 Å². The maximum absolute atomic E-state index is 12.5. The second-order valence-corrected chi connectivity index (χ2v) is 6.82. The molecule has 26 heavy (non-hydrogen) atoms. The predicted molar refractivity (Wildman–Crippen MR) is 106 cm³/mol. The SMILES string of the molecule is CC(NC(=O)c1cc(NCCC2=CCCCC2)ccn1)c1ccccc1. The first-order chi connectivity index (χ1) is 12.7. The molecule has 1 aromatic carbocycles. The fraction of sp³-hybridized carbons (Fsp3) is 0.364. The topological polar surface area (TPSA) is 54.0 Å². The molecule has 0 radical (unpaired) electrons. The summed E-state index contributed by atoms with van der Waals surface area (Å²) in [6.45, 7) is 2.87. The number of carbonyl (C=O) groups excluding carboxylic acids is 1. The van der Waals surface area contributed by atoms with Crippen LogP contribution in [0.4, 0.5) is 5.69 Å². The number of allylic oxidation sites excluding steroid dienone is 1. The van der Waals surface area contributed by atoms with Crippen LogP contribution in [0.1, 0.15) is 61.1 Å². The highest BCUT2D eigenvalue weighted by atomic mass is 16.1. The molecule has 1 aliphatic rings. The summed E-state index contributed by atoms with van der Waals surface area (Å²) >= 11 is 0. The van der Waals surface area contributed by atoms with E-state index >= 15 is 0 Å². The van der Waals surface area contributed by atoms with Gasteiger partial charge in [-0.1, -0.05) is 42.0 Å². The number of aromatic nitrogens is 1. The molecule has 2 N–H and O–H groups in total. The van der Waals surface area contributed by atoms with Crippen molar-refractivity contribution in [2.45, 2.75) is 45.1 Å². The molecular weight excluding hydrogens is 322 g/mol. The van der Waals surface area contributed by atoms with Gasteiger partial charge in [-0.05, 0) is 56.7 Å². The molecule has 0 spiro atoms. The van der Waals surface area contributed by atoms with Gasteiger partial charge < -0.3 is 10.6 Å². The quantitative estimate of drug-likeness (QED) is 0.701. The minimum atomic E-state index is -0.153. The number of hydrogen-bond acceptors (Lipinski definition) is 3. The molecule has 4 heteroatoms. The molecule has 3 rings (SSSR count). The fourth-order valence-electron chi connectivity index (χ4n) is 3.26. The van der Waals surface area contributed by atoms with Gasteiger partial charge in [-0.3, -0.25) is 9.78 Å². The van der Waals surface area contributed by atoms with Crippen molar-refractivity contribution in [3.63, 3.8) is 0 Å². The van der Waals surface area contributed by atoms with E-state index in [4.69, 9.17) is 0 Å². The Kier molecular flexibility index (Phi) is 6.42. The fourth-order valence-corrected chi connectivity index (χ4v) is 3.26. The van der Waals surface area contributed by atoms with Gasteiger partial charge in [0.25, 0.3) is 5.91 Å². The number of nitrogens with one attached hydrogen (secondary N) is 2. The van der Waals surface area contributed by atoms with Gasteiger partial charge >= 0.3 is 0 Å². The average molecular weight is 349 g/mol. The van der Waals surface area contributed by atoms with E-state index in [9.17, 15) is 4.79 Å². The van der Waals surface area contributed by atoms with E-state index in [1.54, 1.807) is 11.8 Å². The van der Waals surface area contributed by atoms with Crippen molar-refractivity contribution in [1.82, 2.24) is 10.3 Å². The van der Waals surface area contributed by atoms with Crippen molar-refractivity contribution < 1.29 is 4.79 Å². The Morgan fingerprint density at radius 1 is 1.19 bits per heavy atom. The third kappa shape index (κ3) is 5.19. The molecule has 0 aliphatic heterocycles. The first-order valence-electron chi connectivity index (χ1n) is 9.46. The van der Waals surface area contributed by atoms with E-state index in [1.807, 2.05) is 49.4 Å². The number of rotatable bonds is 7. The summed E-state index contributed by atoms with van der Waals surface area (Å²) in [6, 6.07) is 13.6. The van der Waals surface area contributed by atoms with Gasteiger partial charge in [0.2, 0.25) is 0 Å². The second kappa shape index (κ2) is 9.18. The van der Waals surface area contributed by atoms with Crippen molar-refractivity contribution in [2.24, 2.45) is 0 Å². The van der Waals surface area contributed by atoms with Gasteiger partial charge in [-0.2, -0.15) is 0 Å². The largest absolute Gasteiger partial charge is 0.385 e. The Bertz CT molecular complexity index is 755. The highest BCUT2D eigenvalue weighted by Gasteiger charge is 2.13. The van der Waals surface area contributed by atoms with Crippen molar-refractivity contribution in [1.29, 1.82) is 0 Å². The summed E-state index contributed by atoms with van der Waals surface area (Å²) in [7, 11) is 0. The van der Waals surface area contributed by atoms with Gasteiger partial charge in [0.1, 0.15) is 5.69 Å². The number of anilines is 1. The van der Waals surface area contributed by atoms with Crippen LogP contribution in [-0.2, 0) is 0 Å². The van der Waals surface area contributed by atoms with Crippen LogP contribution >= 0.6 is 0 Å². The summed E-state index contributed by atoms with van der Waals surface area (Å²) in [5, 5.41) is 6.42. The van der Waals surface area contributed by atoms with Crippen molar-refractivity contribution in [3.05, 3.63) is 71.6 Å². The standard InChI is InChI=1S/C22H27N3O/c1-17(19-10-6-3-7-11-19)25-22(26)21-16-20(13-15-24-21)23-14-12-18-8-4-2-5-9-18/h3,6-8,10-11,13,15-17H,2,4-5,9,12,14H2,1H3,(H,23,24)(H,25,26). The molecule has 1 unspecified atom stereocenters. The lowest BCUT2D eigenvalue weighted by molar-refractivity contribution is 0.0935. The van der Waals surface area contributed by atoms with Crippen LogP contribution in [0.3, 0.4) is 0 Å². The van der Waals surface area contributed by atoms with Crippen molar-refractivity contribution in [2.75, 3.05) is 11.9 Å². The normalized spacial score (nSPS) is 15.0. The van der Waals surface area contributed by atoms with Crippen LogP contribution in [-0.4, -0.2) is 17.4 Å². The van der Waals surface area contributed by atoms with Gasteiger partial charge in [-0.15, -0.1) is 0 Å². The summed E-state index contributed by atoms with van der Waals surface area (Å²) in [5.41, 5.74) is 4.01. The number of nitrogens with zero attached hydrogens (tertiary/aromatic N) is 1. The predicted octanol–water partition coefficient (Wildman–Crippen LogP) is 4.88. The molecule has 0 saturated carbocycles. The molecule has 2 aromatic rings. The van der Waals surface area contributed by atoms with Crippen LogP contribution in [0.2, 0.25) is 0 Å². The van der Waals surface area contributed by atoms with Crippen molar-refractivity contribution >= 4 is 11.6 Å². The van der Waals surface area contributed by atoms with Gasteiger partial charge in [0.15, 0.2) is 0 Å². The van der Waals surface area contributed by atoms with Crippen LogP contribution in [0, 0.1) is 0 Å². The lowest BCUT2D eigenvalue weighted by Crippen LogP contribution is -2.27. The third-order valence-corrected chi connectivity index (χ3v) is 4.80. The minimum absolute atomic E-state index is 0.0552. The third-order valence-electron chi connectivity index (χ3n) is 4.80. The second-order valence-electron chi connectivity index (χ2n) is 6.82.